The van der Waals surface area contributed by atoms with Crippen LogP contribution in [0.5, 0.6) is 5.75 Å². The van der Waals surface area contributed by atoms with E-state index in [2.05, 4.69) is 40.3 Å². The lowest BCUT2D eigenvalue weighted by molar-refractivity contribution is 0.106. The van der Waals surface area contributed by atoms with Crippen molar-refractivity contribution in [3.05, 3.63) is 50.6 Å². The van der Waals surface area contributed by atoms with E-state index in [1.807, 2.05) is 24.3 Å². The van der Waals surface area contributed by atoms with Crippen LogP contribution in [0.4, 0.5) is 0 Å². The fraction of sp³-hybridized carbons (Fsp3) is 0.333. The van der Waals surface area contributed by atoms with E-state index in [0.29, 0.717) is 6.54 Å². The fourth-order valence-electron chi connectivity index (χ4n) is 1.72. The van der Waals surface area contributed by atoms with Gasteiger partial charge in [0.05, 0.1) is 0 Å². The summed E-state index contributed by atoms with van der Waals surface area (Å²) in [5.74, 6) is 0.765. The Balaban J connectivity index is 1.65. The van der Waals surface area contributed by atoms with Crippen LogP contribution in [0.15, 0.2) is 40.9 Å². The minimum absolute atomic E-state index is 0.290. The number of benzene rings is 1. The van der Waals surface area contributed by atoms with Crippen LogP contribution < -0.4 is 10.1 Å². The number of ether oxygens (including phenoxy) is 1. The van der Waals surface area contributed by atoms with Gasteiger partial charge in [-0.05, 0) is 43.3 Å². The molecule has 5 heteroatoms. The second-order valence-electron chi connectivity index (χ2n) is 4.56. The molecule has 0 saturated carbocycles. The van der Waals surface area contributed by atoms with Crippen LogP contribution in [0.25, 0.3) is 0 Å². The molecule has 0 spiro atoms. The van der Waals surface area contributed by atoms with E-state index in [4.69, 9.17) is 4.74 Å². The first-order valence-corrected chi connectivity index (χ1v) is 8.07. The number of halogens is 1. The van der Waals surface area contributed by atoms with Gasteiger partial charge >= 0.3 is 0 Å². The Bertz CT molecular complexity index is 527. The Hall–Kier alpha value is -0.880. The lowest BCUT2D eigenvalue weighted by Gasteiger charge is -2.13. The van der Waals surface area contributed by atoms with E-state index in [0.717, 1.165) is 16.8 Å². The number of hydrogen-bond donors (Lipinski definition) is 2. The lowest BCUT2D eigenvalue weighted by atomic mass is 10.3. The third-order valence-electron chi connectivity index (χ3n) is 2.73. The van der Waals surface area contributed by atoms with Crippen LogP contribution >= 0.6 is 27.3 Å². The van der Waals surface area contributed by atoms with Gasteiger partial charge < -0.3 is 15.2 Å². The number of nitrogens with one attached hydrogen (secondary N) is 1. The molecule has 0 bridgehead atoms. The average molecular weight is 356 g/mol. The molecule has 1 aromatic carbocycles. The summed E-state index contributed by atoms with van der Waals surface area (Å²) in [5.41, 5.74) is 0. The number of aliphatic hydroxyl groups is 1. The van der Waals surface area contributed by atoms with Gasteiger partial charge in [0.1, 0.15) is 18.5 Å². The predicted molar refractivity (Wildman–Crippen MR) is 86.4 cm³/mol. The van der Waals surface area contributed by atoms with Crippen molar-refractivity contribution in [3.63, 3.8) is 0 Å². The first kappa shape index (κ1) is 15.5. The fourth-order valence-corrected chi connectivity index (χ4v) is 2.85. The summed E-state index contributed by atoms with van der Waals surface area (Å²) < 4.78 is 6.53. The van der Waals surface area contributed by atoms with Crippen LogP contribution in [0, 0.1) is 6.92 Å². The summed E-state index contributed by atoms with van der Waals surface area (Å²) in [7, 11) is 0. The van der Waals surface area contributed by atoms with Gasteiger partial charge in [-0.25, -0.2) is 0 Å². The van der Waals surface area contributed by atoms with Crippen molar-refractivity contribution >= 4 is 27.3 Å². The van der Waals surface area contributed by atoms with Crippen molar-refractivity contribution < 1.29 is 9.84 Å². The van der Waals surface area contributed by atoms with Gasteiger partial charge in [0.2, 0.25) is 0 Å². The summed E-state index contributed by atoms with van der Waals surface area (Å²) >= 11 is 5.14. The Morgan fingerprint density at radius 2 is 2.00 bits per heavy atom. The molecule has 3 nitrogen and oxygen atoms in total. The second kappa shape index (κ2) is 7.78. The quantitative estimate of drug-likeness (QED) is 0.800. The molecule has 1 atom stereocenters. The maximum Gasteiger partial charge on any atom is 0.119 e. The first-order valence-electron chi connectivity index (χ1n) is 6.46. The van der Waals surface area contributed by atoms with Crippen LogP contribution in [0.3, 0.4) is 0 Å². The molecule has 2 N–H and O–H groups in total. The Morgan fingerprint density at radius 3 is 2.65 bits per heavy atom. The maximum atomic E-state index is 9.85. The highest BCUT2D eigenvalue weighted by atomic mass is 79.9. The number of thiophene rings is 1. The molecular weight excluding hydrogens is 338 g/mol. The zero-order chi connectivity index (χ0) is 14.4. The highest BCUT2D eigenvalue weighted by Gasteiger charge is 2.05. The minimum atomic E-state index is -0.514. The standard InChI is InChI=1S/C15H18BrNO2S/c1-11-2-7-15(20-11)9-17-8-13(18)10-19-14-5-3-12(16)4-6-14/h2-7,13,17-18H,8-10H2,1H3. The van der Waals surface area contributed by atoms with Crippen LogP contribution in [0.2, 0.25) is 0 Å². The van der Waals surface area contributed by atoms with Crippen molar-refractivity contribution in [1.82, 2.24) is 5.32 Å². The summed E-state index contributed by atoms with van der Waals surface area (Å²) in [6.45, 7) is 3.69. The molecular formula is C15H18BrNO2S. The normalized spacial score (nSPS) is 12.3. The van der Waals surface area contributed by atoms with E-state index >= 15 is 0 Å². The summed E-state index contributed by atoms with van der Waals surface area (Å²) in [4.78, 5) is 2.59. The topological polar surface area (TPSA) is 41.5 Å². The summed E-state index contributed by atoms with van der Waals surface area (Å²) in [6, 6.07) is 11.8. The molecule has 0 aliphatic heterocycles. The molecule has 0 fully saturated rings. The van der Waals surface area contributed by atoms with Crippen LogP contribution in [-0.2, 0) is 6.54 Å². The van der Waals surface area contributed by atoms with E-state index in [-0.39, 0.29) is 6.61 Å². The average Bonchev–Trinajstić information content (AvgIpc) is 2.84. The second-order valence-corrected chi connectivity index (χ2v) is 6.85. The van der Waals surface area contributed by atoms with Gasteiger partial charge in [0.15, 0.2) is 0 Å². The Morgan fingerprint density at radius 1 is 1.25 bits per heavy atom. The van der Waals surface area contributed by atoms with Gasteiger partial charge in [-0.1, -0.05) is 15.9 Å². The van der Waals surface area contributed by atoms with Crippen LogP contribution in [0.1, 0.15) is 9.75 Å². The molecule has 1 unspecified atom stereocenters. The van der Waals surface area contributed by atoms with E-state index in [9.17, 15) is 5.11 Å². The summed E-state index contributed by atoms with van der Waals surface area (Å²) in [5, 5.41) is 13.1. The highest BCUT2D eigenvalue weighted by molar-refractivity contribution is 9.10. The minimum Gasteiger partial charge on any atom is -0.491 e. The Kier molecular flexibility index (Phi) is 6.04. The summed E-state index contributed by atoms with van der Waals surface area (Å²) in [6.07, 6.45) is -0.514. The molecule has 108 valence electrons. The first-order chi connectivity index (χ1) is 9.63. The predicted octanol–water partition coefficient (Wildman–Crippen LogP) is 3.35. The van der Waals surface area contributed by atoms with Gasteiger partial charge in [-0.15, -0.1) is 11.3 Å². The van der Waals surface area contributed by atoms with Crippen LogP contribution in [-0.4, -0.2) is 24.4 Å². The van der Waals surface area contributed by atoms with E-state index < -0.39 is 6.10 Å². The number of hydrogen-bond acceptors (Lipinski definition) is 4. The van der Waals surface area contributed by atoms with Gasteiger partial charge in [0.25, 0.3) is 0 Å². The monoisotopic (exact) mass is 355 g/mol. The number of aliphatic hydroxyl groups excluding tert-OH is 1. The molecule has 2 rings (SSSR count). The zero-order valence-electron chi connectivity index (χ0n) is 11.3. The molecule has 2 aromatic rings. The van der Waals surface area contributed by atoms with Gasteiger partial charge in [-0.3, -0.25) is 0 Å². The highest BCUT2D eigenvalue weighted by Crippen LogP contribution is 2.16. The lowest BCUT2D eigenvalue weighted by Crippen LogP contribution is -2.30. The van der Waals surface area contributed by atoms with Crippen molar-refractivity contribution in [3.8, 4) is 5.75 Å². The van der Waals surface area contributed by atoms with Gasteiger partial charge in [-0.2, -0.15) is 0 Å². The molecule has 0 aliphatic rings. The molecule has 0 aliphatic carbocycles. The number of rotatable bonds is 7. The van der Waals surface area contributed by atoms with Crippen molar-refractivity contribution in [2.75, 3.05) is 13.2 Å². The smallest absolute Gasteiger partial charge is 0.119 e. The molecule has 0 radical (unpaired) electrons. The van der Waals surface area contributed by atoms with Crippen molar-refractivity contribution in [2.24, 2.45) is 0 Å². The molecule has 1 heterocycles. The number of aryl methyl sites for hydroxylation is 1. The molecule has 20 heavy (non-hydrogen) atoms. The molecule has 0 saturated heterocycles. The molecule has 1 aromatic heterocycles. The third kappa shape index (κ3) is 5.25. The zero-order valence-corrected chi connectivity index (χ0v) is 13.7. The SMILES string of the molecule is Cc1ccc(CNCC(O)COc2ccc(Br)cc2)s1. The van der Waals surface area contributed by atoms with Crippen molar-refractivity contribution in [2.45, 2.75) is 19.6 Å². The Labute approximate surface area is 131 Å². The van der Waals surface area contributed by atoms with E-state index in [1.54, 1.807) is 11.3 Å². The maximum absolute atomic E-state index is 9.85. The van der Waals surface area contributed by atoms with Gasteiger partial charge in [0, 0.05) is 27.3 Å². The van der Waals surface area contributed by atoms with E-state index in [1.165, 1.54) is 9.75 Å². The largest absolute Gasteiger partial charge is 0.491 e. The molecule has 0 amide bonds. The third-order valence-corrected chi connectivity index (χ3v) is 4.26. The van der Waals surface area contributed by atoms with Crippen molar-refractivity contribution in [1.29, 1.82) is 0 Å².